The van der Waals surface area contributed by atoms with Gasteiger partial charge in [0.05, 0.1) is 20.1 Å². The summed E-state index contributed by atoms with van der Waals surface area (Å²) in [4.78, 5) is 32.5. The standard InChI is InChI=1S/C9H15NO4/c1-3-8(12)10-6-7(11)4-5-9(13)14-2/h3-6H2,1-2H3,(H,10,12). The van der Waals surface area contributed by atoms with Crippen molar-refractivity contribution in [1.82, 2.24) is 5.32 Å². The Labute approximate surface area is 82.8 Å². The number of carbonyl (C=O) groups excluding carboxylic acids is 3. The highest BCUT2D eigenvalue weighted by atomic mass is 16.5. The minimum absolute atomic E-state index is 0.0103. The second-order valence-corrected chi connectivity index (χ2v) is 2.75. The maximum atomic E-state index is 11.1. The van der Waals surface area contributed by atoms with Crippen molar-refractivity contribution >= 4 is 17.7 Å². The molecule has 0 fully saturated rings. The van der Waals surface area contributed by atoms with Crippen LogP contribution in [0.4, 0.5) is 0 Å². The molecule has 1 N–H and O–H groups in total. The fourth-order valence-corrected chi connectivity index (χ4v) is 0.754. The lowest BCUT2D eigenvalue weighted by Gasteiger charge is -2.02. The average Bonchev–Trinajstić information content (AvgIpc) is 2.22. The third-order valence-electron chi connectivity index (χ3n) is 1.64. The van der Waals surface area contributed by atoms with Gasteiger partial charge in [-0.25, -0.2) is 0 Å². The van der Waals surface area contributed by atoms with Crippen molar-refractivity contribution in [1.29, 1.82) is 0 Å². The fraction of sp³-hybridized carbons (Fsp3) is 0.667. The molecule has 0 aromatic heterocycles. The Kier molecular flexibility index (Phi) is 6.36. The highest BCUT2D eigenvalue weighted by Gasteiger charge is 2.07. The van der Waals surface area contributed by atoms with Crippen molar-refractivity contribution < 1.29 is 19.1 Å². The van der Waals surface area contributed by atoms with Crippen molar-refractivity contribution in [3.8, 4) is 0 Å². The molecule has 80 valence electrons. The van der Waals surface area contributed by atoms with E-state index in [2.05, 4.69) is 10.1 Å². The van der Waals surface area contributed by atoms with E-state index >= 15 is 0 Å². The molecule has 5 heteroatoms. The number of ether oxygens (including phenoxy) is 1. The van der Waals surface area contributed by atoms with Crippen LogP contribution in [0.15, 0.2) is 0 Å². The van der Waals surface area contributed by atoms with Crippen LogP contribution in [0.2, 0.25) is 0 Å². The van der Waals surface area contributed by atoms with E-state index in [1.165, 1.54) is 7.11 Å². The quantitative estimate of drug-likeness (QED) is 0.615. The van der Waals surface area contributed by atoms with Crippen LogP contribution in [-0.2, 0) is 19.1 Å². The van der Waals surface area contributed by atoms with E-state index in [1.807, 2.05) is 0 Å². The minimum Gasteiger partial charge on any atom is -0.469 e. The van der Waals surface area contributed by atoms with Gasteiger partial charge in [-0.3, -0.25) is 14.4 Å². The first kappa shape index (κ1) is 12.6. The lowest BCUT2D eigenvalue weighted by Crippen LogP contribution is -2.28. The first-order valence-corrected chi connectivity index (χ1v) is 4.45. The zero-order chi connectivity index (χ0) is 11.0. The molecule has 0 atom stereocenters. The van der Waals surface area contributed by atoms with Crippen LogP contribution in [0.25, 0.3) is 0 Å². The minimum atomic E-state index is -0.417. The molecule has 0 aliphatic heterocycles. The van der Waals surface area contributed by atoms with E-state index in [9.17, 15) is 14.4 Å². The van der Waals surface area contributed by atoms with Crippen molar-refractivity contribution in [2.24, 2.45) is 0 Å². The lowest BCUT2D eigenvalue weighted by molar-refractivity contribution is -0.141. The predicted octanol–water partition coefficient (Wildman–Crippen LogP) is 0.0349. The summed E-state index contributed by atoms with van der Waals surface area (Å²) in [5.41, 5.74) is 0. The number of ketones is 1. The monoisotopic (exact) mass is 201 g/mol. The van der Waals surface area contributed by atoms with E-state index in [4.69, 9.17) is 0 Å². The van der Waals surface area contributed by atoms with Crippen LogP contribution in [0, 0.1) is 0 Å². The first-order valence-electron chi connectivity index (χ1n) is 4.45. The van der Waals surface area contributed by atoms with Crippen LogP contribution in [0.3, 0.4) is 0 Å². The van der Waals surface area contributed by atoms with Gasteiger partial charge in [0.15, 0.2) is 5.78 Å². The summed E-state index contributed by atoms with van der Waals surface area (Å²) in [6.45, 7) is 1.69. The Morgan fingerprint density at radius 2 is 1.86 bits per heavy atom. The zero-order valence-corrected chi connectivity index (χ0v) is 8.46. The highest BCUT2D eigenvalue weighted by Crippen LogP contribution is 1.92. The summed E-state index contributed by atoms with van der Waals surface area (Å²) < 4.78 is 4.37. The molecule has 0 heterocycles. The molecular weight excluding hydrogens is 186 g/mol. The van der Waals surface area contributed by atoms with Gasteiger partial charge in [-0.1, -0.05) is 6.92 Å². The van der Waals surface area contributed by atoms with E-state index in [0.29, 0.717) is 6.42 Å². The smallest absolute Gasteiger partial charge is 0.305 e. The molecule has 0 saturated carbocycles. The Hall–Kier alpha value is -1.39. The lowest BCUT2D eigenvalue weighted by atomic mass is 10.2. The number of carbonyl (C=O) groups is 3. The van der Waals surface area contributed by atoms with Crippen LogP contribution < -0.4 is 5.32 Å². The maximum Gasteiger partial charge on any atom is 0.305 e. The molecule has 14 heavy (non-hydrogen) atoms. The van der Waals surface area contributed by atoms with Gasteiger partial charge < -0.3 is 10.1 Å². The van der Waals surface area contributed by atoms with Crippen molar-refractivity contribution in [3.63, 3.8) is 0 Å². The van der Waals surface area contributed by atoms with Gasteiger partial charge in [0.2, 0.25) is 5.91 Å². The number of amides is 1. The Balaban J connectivity index is 3.56. The number of esters is 1. The van der Waals surface area contributed by atoms with Gasteiger partial charge in [0.1, 0.15) is 0 Å². The molecule has 0 aromatic rings. The molecule has 0 aliphatic rings. The molecule has 0 unspecified atom stereocenters. The van der Waals surface area contributed by atoms with E-state index in [1.54, 1.807) is 6.92 Å². The van der Waals surface area contributed by atoms with E-state index in [-0.39, 0.29) is 31.1 Å². The van der Waals surface area contributed by atoms with Gasteiger partial charge in [-0.15, -0.1) is 0 Å². The van der Waals surface area contributed by atoms with Gasteiger partial charge in [0, 0.05) is 12.8 Å². The number of rotatable bonds is 6. The van der Waals surface area contributed by atoms with Crippen LogP contribution >= 0.6 is 0 Å². The SMILES string of the molecule is CCC(=O)NCC(=O)CCC(=O)OC. The van der Waals surface area contributed by atoms with Crippen molar-refractivity contribution in [2.75, 3.05) is 13.7 Å². The molecule has 0 bridgehead atoms. The summed E-state index contributed by atoms with van der Waals surface area (Å²) in [6.07, 6.45) is 0.526. The molecule has 0 radical (unpaired) electrons. The maximum absolute atomic E-state index is 11.1. The summed E-state index contributed by atoms with van der Waals surface area (Å²) in [7, 11) is 1.27. The third kappa shape index (κ3) is 6.16. The number of hydrogen-bond acceptors (Lipinski definition) is 4. The molecule has 0 aliphatic carbocycles. The second-order valence-electron chi connectivity index (χ2n) is 2.75. The molecule has 0 saturated heterocycles. The van der Waals surface area contributed by atoms with Crippen molar-refractivity contribution in [3.05, 3.63) is 0 Å². The number of methoxy groups -OCH3 is 1. The van der Waals surface area contributed by atoms with Gasteiger partial charge >= 0.3 is 5.97 Å². The molecule has 5 nitrogen and oxygen atoms in total. The summed E-state index contributed by atoms with van der Waals surface area (Å²) in [5, 5.41) is 2.43. The van der Waals surface area contributed by atoms with Gasteiger partial charge in [-0.2, -0.15) is 0 Å². The number of Topliss-reactive ketones (excluding diaryl/α,β-unsaturated/α-hetero) is 1. The van der Waals surface area contributed by atoms with Crippen LogP contribution in [-0.4, -0.2) is 31.3 Å². The third-order valence-corrected chi connectivity index (χ3v) is 1.64. The van der Waals surface area contributed by atoms with E-state index in [0.717, 1.165) is 0 Å². The summed E-state index contributed by atoms with van der Waals surface area (Å²) >= 11 is 0. The Bertz CT molecular complexity index is 203. The van der Waals surface area contributed by atoms with Crippen LogP contribution in [0.5, 0.6) is 0 Å². The molecular formula is C9H15NO4. The van der Waals surface area contributed by atoms with Crippen LogP contribution in [0.1, 0.15) is 26.2 Å². The Morgan fingerprint density at radius 1 is 1.21 bits per heavy atom. The molecule has 0 aromatic carbocycles. The second kappa shape index (κ2) is 7.06. The van der Waals surface area contributed by atoms with Gasteiger partial charge in [-0.05, 0) is 0 Å². The topological polar surface area (TPSA) is 72.5 Å². The number of hydrogen-bond donors (Lipinski definition) is 1. The summed E-state index contributed by atoms with van der Waals surface area (Å²) in [6, 6.07) is 0. The van der Waals surface area contributed by atoms with E-state index < -0.39 is 5.97 Å². The fourth-order valence-electron chi connectivity index (χ4n) is 0.754. The molecule has 0 rings (SSSR count). The first-order chi connectivity index (χ1) is 6.60. The zero-order valence-electron chi connectivity index (χ0n) is 8.46. The highest BCUT2D eigenvalue weighted by molar-refractivity contribution is 5.87. The largest absolute Gasteiger partial charge is 0.469 e. The van der Waals surface area contributed by atoms with Crippen molar-refractivity contribution in [2.45, 2.75) is 26.2 Å². The molecule has 1 amide bonds. The number of nitrogens with one attached hydrogen (secondary N) is 1. The Morgan fingerprint density at radius 3 is 2.36 bits per heavy atom. The predicted molar refractivity (Wildman–Crippen MR) is 49.6 cm³/mol. The molecule has 0 spiro atoms. The van der Waals surface area contributed by atoms with Gasteiger partial charge in [0.25, 0.3) is 0 Å². The summed E-state index contributed by atoms with van der Waals surface area (Å²) in [5.74, 6) is -0.756. The average molecular weight is 201 g/mol. The normalized spacial score (nSPS) is 9.29.